The summed E-state index contributed by atoms with van der Waals surface area (Å²) in [5.41, 5.74) is 0.724. The number of rotatable bonds is 5. The van der Waals surface area contributed by atoms with Crippen LogP contribution < -0.4 is 10.6 Å². The highest BCUT2D eigenvalue weighted by molar-refractivity contribution is 5.88. The molecule has 4 heteroatoms. The minimum Gasteiger partial charge on any atom is -0.351 e. The van der Waals surface area contributed by atoms with E-state index in [-0.39, 0.29) is 24.4 Å². The lowest BCUT2D eigenvalue weighted by molar-refractivity contribution is -0.128. The first kappa shape index (κ1) is 19.0. The van der Waals surface area contributed by atoms with Crippen LogP contribution in [0.4, 0.5) is 0 Å². The van der Waals surface area contributed by atoms with Crippen LogP contribution in [-0.4, -0.2) is 25.0 Å². The fraction of sp³-hybridized carbons (Fsp3) is 0.611. The van der Waals surface area contributed by atoms with Crippen molar-refractivity contribution in [2.45, 2.75) is 51.5 Å². The van der Waals surface area contributed by atoms with E-state index in [1.165, 1.54) is 0 Å². The van der Waals surface area contributed by atoms with Gasteiger partial charge in [-0.25, -0.2) is 0 Å². The molecule has 3 nitrogen and oxygen atoms in total. The van der Waals surface area contributed by atoms with Crippen molar-refractivity contribution >= 4 is 18.3 Å². The van der Waals surface area contributed by atoms with Crippen molar-refractivity contribution in [1.29, 1.82) is 0 Å². The lowest BCUT2D eigenvalue weighted by Crippen LogP contribution is -2.55. The minimum absolute atomic E-state index is 0. The molecule has 2 N–H and O–H groups in total. The number of benzene rings is 1. The normalized spacial score (nSPS) is 21.8. The summed E-state index contributed by atoms with van der Waals surface area (Å²) in [6.45, 7) is 8.38. The minimum atomic E-state index is -0.404. The molecule has 0 aromatic heterocycles. The number of halogens is 1. The van der Waals surface area contributed by atoms with Crippen molar-refractivity contribution in [3.63, 3.8) is 0 Å². The summed E-state index contributed by atoms with van der Waals surface area (Å²) in [6, 6.07) is 10.4. The molecular weight excluding hydrogens is 296 g/mol. The van der Waals surface area contributed by atoms with Crippen LogP contribution in [0.5, 0.6) is 0 Å². The Kier molecular flexibility index (Phi) is 7.37. The zero-order chi connectivity index (χ0) is 15.3. The van der Waals surface area contributed by atoms with Gasteiger partial charge in [0.2, 0.25) is 5.91 Å². The van der Waals surface area contributed by atoms with Gasteiger partial charge in [-0.3, -0.25) is 4.79 Å². The van der Waals surface area contributed by atoms with E-state index in [0.717, 1.165) is 37.9 Å². The van der Waals surface area contributed by atoms with Gasteiger partial charge in [-0.05, 0) is 37.3 Å². The highest BCUT2D eigenvalue weighted by Gasteiger charge is 2.38. The Morgan fingerprint density at radius 2 is 1.91 bits per heavy atom. The molecule has 1 saturated heterocycles. The third-order valence-corrected chi connectivity index (χ3v) is 5.11. The molecule has 0 bridgehead atoms. The Bertz CT molecular complexity index is 459. The maximum Gasteiger partial charge on any atom is 0.230 e. The van der Waals surface area contributed by atoms with Crippen LogP contribution in [0.2, 0.25) is 0 Å². The van der Waals surface area contributed by atoms with Gasteiger partial charge in [-0.2, -0.15) is 0 Å². The average molecular weight is 325 g/mol. The highest BCUT2D eigenvalue weighted by atomic mass is 35.5. The molecule has 0 aliphatic carbocycles. The lowest BCUT2D eigenvalue weighted by atomic mass is 9.74. The number of nitrogens with one attached hydrogen (secondary N) is 2. The molecule has 1 amide bonds. The average Bonchev–Trinajstić information content (AvgIpc) is 2.52. The summed E-state index contributed by atoms with van der Waals surface area (Å²) in [6.07, 6.45) is 2.78. The Labute approximate surface area is 140 Å². The van der Waals surface area contributed by atoms with Gasteiger partial charge in [0.05, 0.1) is 5.41 Å². The molecule has 2 rings (SSSR count). The molecule has 124 valence electrons. The van der Waals surface area contributed by atoms with Gasteiger partial charge in [-0.1, -0.05) is 51.1 Å². The Balaban J connectivity index is 0.00000242. The molecule has 1 aromatic rings. The molecule has 1 aliphatic heterocycles. The topological polar surface area (TPSA) is 41.1 Å². The molecule has 0 spiro atoms. The fourth-order valence-electron chi connectivity index (χ4n) is 3.36. The second-order valence-electron chi connectivity index (χ2n) is 6.21. The maximum atomic E-state index is 13.0. The first-order valence-corrected chi connectivity index (χ1v) is 8.21. The van der Waals surface area contributed by atoms with Crippen LogP contribution >= 0.6 is 12.4 Å². The number of carbonyl (C=O) groups is 1. The van der Waals surface area contributed by atoms with Gasteiger partial charge < -0.3 is 10.6 Å². The monoisotopic (exact) mass is 324 g/mol. The standard InChI is InChI=1S/C18H28N2O.ClH/c1-4-18(5-2,15-9-7-6-8-10-15)17(21)20-16-13-19-12-11-14(16)3;/h6-10,14,16,19H,4-5,11-13H2,1-3H3,(H,20,21);1H. The van der Waals surface area contributed by atoms with Crippen LogP contribution in [0.1, 0.15) is 45.6 Å². The Morgan fingerprint density at radius 3 is 2.45 bits per heavy atom. The van der Waals surface area contributed by atoms with E-state index in [1.807, 2.05) is 18.2 Å². The third kappa shape index (κ3) is 3.82. The molecule has 0 saturated carbocycles. The fourth-order valence-corrected chi connectivity index (χ4v) is 3.36. The Hall–Kier alpha value is -1.06. The zero-order valence-corrected chi connectivity index (χ0v) is 14.7. The van der Waals surface area contributed by atoms with Crippen molar-refractivity contribution in [2.75, 3.05) is 13.1 Å². The zero-order valence-electron chi connectivity index (χ0n) is 13.9. The van der Waals surface area contributed by atoms with Crippen LogP contribution in [0.15, 0.2) is 30.3 Å². The molecule has 1 fully saturated rings. The van der Waals surface area contributed by atoms with Crippen molar-refractivity contribution in [3.05, 3.63) is 35.9 Å². The summed E-state index contributed by atoms with van der Waals surface area (Å²) in [5, 5.41) is 6.69. The third-order valence-electron chi connectivity index (χ3n) is 5.11. The van der Waals surface area contributed by atoms with E-state index in [4.69, 9.17) is 0 Å². The van der Waals surface area contributed by atoms with Crippen LogP contribution in [-0.2, 0) is 10.2 Å². The number of piperidine rings is 1. The first-order chi connectivity index (χ1) is 10.1. The molecule has 0 radical (unpaired) electrons. The number of hydrogen-bond donors (Lipinski definition) is 2. The smallest absolute Gasteiger partial charge is 0.230 e. The van der Waals surface area contributed by atoms with E-state index >= 15 is 0 Å². The van der Waals surface area contributed by atoms with Crippen molar-refractivity contribution < 1.29 is 4.79 Å². The van der Waals surface area contributed by atoms with Crippen molar-refractivity contribution in [1.82, 2.24) is 10.6 Å². The van der Waals surface area contributed by atoms with E-state index < -0.39 is 5.41 Å². The maximum absolute atomic E-state index is 13.0. The largest absolute Gasteiger partial charge is 0.351 e. The van der Waals surface area contributed by atoms with Crippen LogP contribution in [0.25, 0.3) is 0 Å². The van der Waals surface area contributed by atoms with Gasteiger partial charge in [0.15, 0.2) is 0 Å². The summed E-state index contributed by atoms with van der Waals surface area (Å²) < 4.78 is 0. The van der Waals surface area contributed by atoms with Gasteiger partial charge in [0.25, 0.3) is 0 Å². The van der Waals surface area contributed by atoms with Gasteiger partial charge >= 0.3 is 0 Å². The van der Waals surface area contributed by atoms with Crippen molar-refractivity contribution in [3.8, 4) is 0 Å². The molecule has 2 unspecified atom stereocenters. The predicted octanol–water partition coefficient (Wildman–Crippen LogP) is 3.28. The van der Waals surface area contributed by atoms with E-state index in [0.29, 0.717) is 5.92 Å². The molecular formula is C18H29ClN2O. The predicted molar refractivity (Wildman–Crippen MR) is 94.5 cm³/mol. The quantitative estimate of drug-likeness (QED) is 0.872. The first-order valence-electron chi connectivity index (χ1n) is 8.21. The van der Waals surface area contributed by atoms with E-state index in [9.17, 15) is 4.79 Å². The summed E-state index contributed by atoms with van der Waals surface area (Å²) in [4.78, 5) is 13.0. The number of amides is 1. The highest BCUT2D eigenvalue weighted by Crippen LogP contribution is 2.32. The van der Waals surface area contributed by atoms with E-state index in [1.54, 1.807) is 0 Å². The second-order valence-corrected chi connectivity index (χ2v) is 6.21. The SMILES string of the molecule is CCC(CC)(C(=O)NC1CNCCC1C)c1ccccc1.Cl. The lowest BCUT2D eigenvalue weighted by Gasteiger charge is -2.36. The summed E-state index contributed by atoms with van der Waals surface area (Å²) >= 11 is 0. The van der Waals surface area contributed by atoms with Crippen LogP contribution in [0, 0.1) is 5.92 Å². The van der Waals surface area contributed by atoms with Crippen LogP contribution in [0.3, 0.4) is 0 Å². The van der Waals surface area contributed by atoms with Gasteiger partial charge in [0, 0.05) is 12.6 Å². The van der Waals surface area contributed by atoms with E-state index in [2.05, 4.69) is 43.5 Å². The summed E-state index contributed by atoms with van der Waals surface area (Å²) in [7, 11) is 0. The van der Waals surface area contributed by atoms with Crippen molar-refractivity contribution in [2.24, 2.45) is 5.92 Å². The second kappa shape index (κ2) is 8.54. The van der Waals surface area contributed by atoms with Gasteiger partial charge in [0.1, 0.15) is 0 Å². The molecule has 22 heavy (non-hydrogen) atoms. The molecule has 1 heterocycles. The number of hydrogen-bond acceptors (Lipinski definition) is 2. The number of carbonyl (C=O) groups excluding carboxylic acids is 1. The molecule has 1 aliphatic rings. The molecule has 2 atom stereocenters. The Morgan fingerprint density at radius 1 is 1.27 bits per heavy atom. The summed E-state index contributed by atoms with van der Waals surface area (Å²) in [5.74, 6) is 0.719. The molecule has 1 aromatic carbocycles. The van der Waals surface area contributed by atoms with Gasteiger partial charge in [-0.15, -0.1) is 12.4 Å².